The van der Waals surface area contributed by atoms with Gasteiger partial charge in [-0.2, -0.15) is 28.2 Å². The molecule has 0 bridgehead atoms. The maximum Gasteiger partial charge on any atom is 0.426 e. The van der Waals surface area contributed by atoms with Crippen LogP contribution in [0.5, 0.6) is 11.5 Å². The third-order valence-electron chi connectivity index (χ3n) is 12.3. The van der Waals surface area contributed by atoms with E-state index >= 15 is 0 Å². The SMILES string of the molecule is CC(C)C1(C)N=C(c2ncccc2C(=O)O)NC1=O.CC1(C)[C@H](C(=O)O[C@H](C#N)c2cccc(Oc3ccccc3)c2)[C@@H]1/C=C(\Cl)C(F)(F)F.O=c1c2cc(F)ccc2nc(-n2cncn2)n1-c1ccc(Cl)cc1Cl. The standard InChI is InChI=1S/C23H19ClF3NO3.C16H8Cl2FN5O.C13H15N3O3/c1-22(2)17(12-19(24)23(25,26)27)20(22)21(29)31-18(13-28)14-7-6-10-16(11-14)30-15-8-4-3-5-9-15;17-9-1-4-14(12(18)5-9)24-15(25)11-6-10(19)2-3-13(11)22-16(24)23-8-20-7-21-23;1-7(2)13(3)12(19)15-10(16-13)9-8(11(17)18)5-4-6-14-9/h3-12,17-18,20H,1-2H3;1-8H;4-7H,1-3H3,(H,17,18)(H,15,16,19)/b19-12-;;/t17-,18+,20-;;/m0../s1. The first kappa shape index (κ1) is 54.8. The zero-order valence-electron chi connectivity index (χ0n) is 40.1. The van der Waals surface area contributed by atoms with E-state index in [1.165, 1.54) is 58.4 Å². The molecule has 4 heterocycles. The summed E-state index contributed by atoms with van der Waals surface area (Å²) in [6.45, 7) is 8.81. The highest BCUT2D eigenvalue weighted by Gasteiger charge is 2.62. The first-order valence-electron chi connectivity index (χ1n) is 22.4. The van der Waals surface area contributed by atoms with Gasteiger partial charge in [0.25, 0.3) is 11.5 Å². The number of carboxylic acid groups (broad SMARTS) is 1. The van der Waals surface area contributed by atoms with Gasteiger partial charge in [0.2, 0.25) is 12.1 Å². The Morgan fingerprint density at radius 1 is 0.947 bits per heavy atom. The number of carbonyl (C=O) groups is 3. The zero-order chi connectivity index (χ0) is 54.6. The number of aromatic nitrogens is 6. The molecule has 16 nitrogen and oxygen atoms in total. The van der Waals surface area contributed by atoms with Crippen LogP contribution in [0, 0.1) is 40.3 Å². The molecule has 1 unspecified atom stereocenters. The Kier molecular flexibility index (Phi) is 16.2. The van der Waals surface area contributed by atoms with Crippen LogP contribution in [0.3, 0.4) is 0 Å². The number of para-hydroxylation sites is 1. The molecule has 0 saturated heterocycles. The van der Waals surface area contributed by atoms with E-state index in [1.54, 1.807) is 69.3 Å². The van der Waals surface area contributed by atoms with E-state index in [4.69, 9.17) is 49.4 Å². The number of aliphatic imine (C=N–C) groups is 1. The number of hydrogen-bond donors (Lipinski definition) is 2. The lowest BCUT2D eigenvalue weighted by molar-refractivity contribution is -0.149. The van der Waals surface area contributed by atoms with Crippen molar-refractivity contribution in [3.05, 3.63) is 176 Å². The van der Waals surface area contributed by atoms with Crippen LogP contribution in [0.25, 0.3) is 22.5 Å². The fourth-order valence-corrected chi connectivity index (χ4v) is 8.35. The van der Waals surface area contributed by atoms with Crippen molar-refractivity contribution in [1.29, 1.82) is 5.26 Å². The van der Waals surface area contributed by atoms with E-state index in [9.17, 15) is 42.0 Å². The molecular weight excluding hydrogens is 1040 g/mol. The lowest BCUT2D eigenvalue weighted by Crippen LogP contribution is -2.41. The second-order valence-electron chi connectivity index (χ2n) is 17.8. The van der Waals surface area contributed by atoms with Gasteiger partial charge >= 0.3 is 18.1 Å². The third-order valence-corrected chi connectivity index (χ3v) is 13.1. The number of carboxylic acids is 1. The zero-order valence-corrected chi connectivity index (χ0v) is 42.3. The number of halogens is 7. The molecule has 1 aliphatic carbocycles. The van der Waals surface area contributed by atoms with Crippen LogP contribution < -0.4 is 15.6 Å². The molecule has 386 valence electrons. The van der Waals surface area contributed by atoms with E-state index in [0.717, 1.165) is 12.1 Å². The van der Waals surface area contributed by atoms with E-state index in [1.807, 2.05) is 38.1 Å². The smallest absolute Gasteiger partial charge is 0.426 e. The van der Waals surface area contributed by atoms with Gasteiger partial charge < -0.3 is 19.9 Å². The molecule has 23 heteroatoms. The number of pyridine rings is 1. The number of esters is 1. The number of benzene rings is 4. The number of ether oxygens (including phenoxy) is 2. The summed E-state index contributed by atoms with van der Waals surface area (Å²) in [7, 11) is 0. The maximum atomic E-state index is 13.6. The highest BCUT2D eigenvalue weighted by molar-refractivity contribution is 6.35. The minimum atomic E-state index is -4.68. The predicted molar refractivity (Wildman–Crippen MR) is 270 cm³/mol. The quantitative estimate of drug-likeness (QED) is 0.0914. The van der Waals surface area contributed by atoms with Crippen LogP contribution in [-0.2, 0) is 14.3 Å². The maximum absolute atomic E-state index is 13.6. The van der Waals surface area contributed by atoms with Crippen LogP contribution in [0.4, 0.5) is 17.6 Å². The third kappa shape index (κ3) is 12.2. The number of nitrogens with one attached hydrogen (secondary N) is 1. The number of amidine groups is 1. The number of alkyl halides is 3. The second-order valence-corrected chi connectivity index (χ2v) is 19.1. The van der Waals surface area contributed by atoms with Crippen molar-refractivity contribution in [2.75, 3.05) is 0 Å². The Balaban J connectivity index is 0.000000169. The lowest BCUT2D eigenvalue weighted by Gasteiger charge is -2.21. The van der Waals surface area contributed by atoms with Crippen LogP contribution in [-0.4, -0.2) is 69.8 Å². The minimum absolute atomic E-state index is 0.00184. The average Bonchev–Trinajstić information content (AvgIpc) is 3.70. The van der Waals surface area contributed by atoms with Crippen LogP contribution in [0.2, 0.25) is 10.0 Å². The molecule has 3 aromatic heterocycles. The molecule has 4 aromatic carbocycles. The van der Waals surface area contributed by atoms with Gasteiger partial charge in [0.15, 0.2) is 5.84 Å². The summed E-state index contributed by atoms with van der Waals surface area (Å²) in [5.41, 5.74) is -0.855. The Morgan fingerprint density at radius 3 is 2.29 bits per heavy atom. The van der Waals surface area contributed by atoms with Crippen LogP contribution in [0.15, 0.2) is 143 Å². The van der Waals surface area contributed by atoms with Crippen molar-refractivity contribution < 1.29 is 46.5 Å². The highest BCUT2D eigenvalue weighted by Crippen LogP contribution is 2.61. The van der Waals surface area contributed by atoms with Crippen molar-refractivity contribution in [2.45, 2.75) is 52.4 Å². The fourth-order valence-electron chi connectivity index (χ4n) is 7.72. The van der Waals surface area contributed by atoms with Crippen molar-refractivity contribution in [2.24, 2.45) is 28.2 Å². The molecule has 1 amide bonds. The van der Waals surface area contributed by atoms with E-state index in [2.05, 4.69) is 30.4 Å². The number of rotatable bonds is 11. The van der Waals surface area contributed by atoms with Gasteiger partial charge in [-0.3, -0.25) is 19.4 Å². The average molecular weight is 1090 g/mol. The first-order chi connectivity index (χ1) is 35.4. The molecule has 1 fully saturated rings. The monoisotopic (exact) mass is 1090 g/mol. The summed E-state index contributed by atoms with van der Waals surface area (Å²) >= 11 is 17.5. The molecule has 1 saturated carbocycles. The summed E-state index contributed by atoms with van der Waals surface area (Å²) in [5, 5.41) is 24.8. The molecule has 2 aliphatic rings. The molecule has 9 rings (SSSR count). The van der Waals surface area contributed by atoms with Crippen LogP contribution in [0.1, 0.15) is 62.3 Å². The Labute approximate surface area is 439 Å². The minimum Gasteiger partial charge on any atom is -0.478 e. The topological polar surface area (TPSA) is 217 Å². The number of allylic oxidation sites excluding steroid dienone is 2. The number of fused-ring (bicyclic) bond motifs is 1. The predicted octanol–water partition coefficient (Wildman–Crippen LogP) is 11.0. The molecule has 4 atom stereocenters. The van der Waals surface area contributed by atoms with E-state index < -0.39 is 63.4 Å². The Bertz CT molecular complexity index is 3480. The summed E-state index contributed by atoms with van der Waals surface area (Å²) in [4.78, 5) is 65.5. The van der Waals surface area contributed by atoms with Gasteiger partial charge in [-0.25, -0.2) is 28.7 Å². The van der Waals surface area contributed by atoms with Gasteiger partial charge in [-0.15, -0.1) is 0 Å². The number of carbonyl (C=O) groups excluding carboxylic acids is 2. The summed E-state index contributed by atoms with van der Waals surface area (Å²) in [6, 6.07) is 28.9. The lowest BCUT2D eigenvalue weighted by atomic mass is 9.89. The van der Waals surface area contributed by atoms with E-state index in [-0.39, 0.29) is 45.3 Å². The largest absolute Gasteiger partial charge is 0.478 e. The van der Waals surface area contributed by atoms with Gasteiger partial charge in [-0.1, -0.05) is 98.9 Å². The summed E-state index contributed by atoms with van der Waals surface area (Å²) < 4.78 is 65.4. The first-order valence-corrected chi connectivity index (χ1v) is 23.6. The van der Waals surface area contributed by atoms with E-state index in [0.29, 0.717) is 33.3 Å². The normalized spacial score (nSPS) is 18.1. The van der Waals surface area contributed by atoms with Crippen LogP contribution >= 0.6 is 34.8 Å². The highest BCUT2D eigenvalue weighted by atomic mass is 35.5. The molecule has 7 aromatic rings. The van der Waals surface area contributed by atoms with Crippen molar-refractivity contribution >= 4 is 69.4 Å². The van der Waals surface area contributed by atoms with Crippen molar-refractivity contribution in [3.63, 3.8) is 0 Å². The summed E-state index contributed by atoms with van der Waals surface area (Å²) in [5.74, 6) is -2.74. The fraction of sp³-hybridized carbons (Fsp3) is 0.231. The number of nitrogens with zero attached hydrogens (tertiary/aromatic N) is 8. The Morgan fingerprint density at radius 2 is 1.67 bits per heavy atom. The van der Waals surface area contributed by atoms with Crippen molar-refractivity contribution in [1.82, 2.24) is 34.6 Å². The molecule has 1 aliphatic heterocycles. The number of amides is 1. The van der Waals surface area contributed by atoms with Gasteiger partial charge in [-0.05, 0) is 97.0 Å². The molecule has 0 radical (unpaired) electrons. The van der Waals surface area contributed by atoms with Gasteiger partial charge in [0.05, 0.1) is 33.1 Å². The number of nitriles is 1. The Hall–Kier alpha value is -7.99. The summed E-state index contributed by atoms with van der Waals surface area (Å²) in [6.07, 6.45) is -0.883. The van der Waals surface area contributed by atoms with Gasteiger partial charge in [0, 0.05) is 16.8 Å². The molecular formula is C52H42Cl3F4N9O7. The molecule has 75 heavy (non-hydrogen) atoms. The van der Waals surface area contributed by atoms with Crippen molar-refractivity contribution in [3.8, 4) is 29.2 Å². The molecule has 0 spiro atoms. The van der Waals surface area contributed by atoms with Gasteiger partial charge in [0.1, 0.15) is 52.3 Å². The number of aromatic carboxylic acids is 1. The number of hydrogen-bond acceptors (Lipinski definition) is 12. The second kappa shape index (κ2) is 22.2. The molecule has 2 N–H and O–H groups in total.